The zero-order chi connectivity index (χ0) is 14.8. The fraction of sp³-hybridized carbons (Fsp3) is 0.500. The summed E-state index contributed by atoms with van der Waals surface area (Å²) in [6, 6.07) is 5.56. The third-order valence-corrected chi connectivity index (χ3v) is 4.06. The summed E-state index contributed by atoms with van der Waals surface area (Å²) in [5.74, 6) is 1.81. The first-order chi connectivity index (χ1) is 10.1. The van der Waals surface area contributed by atoms with Crippen molar-refractivity contribution >= 4 is 0 Å². The molecule has 1 aliphatic rings. The Bertz CT molecular complexity index is 626. The quantitative estimate of drug-likeness (QED) is 0.868. The molecular weight excluding hydrogens is 269 g/mol. The van der Waals surface area contributed by atoms with Crippen LogP contribution in [0.2, 0.25) is 0 Å². The van der Waals surface area contributed by atoms with Crippen LogP contribution >= 0.6 is 0 Å². The molecule has 2 aromatic rings. The third-order valence-electron chi connectivity index (χ3n) is 4.06. The molecule has 1 aliphatic heterocycles. The van der Waals surface area contributed by atoms with E-state index in [1.807, 2.05) is 19.1 Å². The molecule has 4 nitrogen and oxygen atoms in total. The van der Waals surface area contributed by atoms with Crippen LogP contribution in [0.1, 0.15) is 29.3 Å². The lowest BCUT2D eigenvalue weighted by molar-refractivity contribution is 0.260. The van der Waals surface area contributed by atoms with Gasteiger partial charge in [-0.2, -0.15) is 4.98 Å². The molecule has 5 heteroatoms. The lowest BCUT2D eigenvalue weighted by atomic mass is 9.98. The Labute approximate surface area is 124 Å². The minimum absolute atomic E-state index is 0.108. The summed E-state index contributed by atoms with van der Waals surface area (Å²) in [6.07, 6.45) is 2.05. The van der Waals surface area contributed by atoms with Gasteiger partial charge in [0.05, 0.1) is 6.54 Å². The zero-order valence-corrected chi connectivity index (χ0v) is 12.5. The highest BCUT2D eigenvalue weighted by molar-refractivity contribution is 5.23. The molecule has 1 aromatic heterocycles. The largest absolute Gasteiger partial charge is 0.338 e. The number of likely N-dealkylation sites (tertiary alicyclic amines) is 1. The molecule has 1 fully saturated rings. The Morgan fingerprint density at radius 3 is 2.95 bits per heavy atom. The van der Waals surface area contributed by atoms with Crippen molar-refractivity contribution in [1.82, 2.24) is 15.0 Å². The van der Waals surface area contributed by atoms with Crippen LogP contribution in [0.5, 0.6) is 0 Å². The van der Waals surface area contributed by atoms with Crippen molar-refractivity contribution in [1.29, 1.82) is 0 Å². The summed E-state index contributed by atoms with van der Waals surface area (Å²) >= 11 is 0. The van der Waals surface area contributed by atoms with Crippen molar-refractivity contribution in [3.05, 3.63) is 46.9 Å². The molecule has 1 unspecified atom stereocenters. The topological polar surface area (TPSA) is 42.2 Å². The van der Waals surface area contributed by atoms with Crippen molar-refractivity contribution in [2.75, 3.05) is 13.1 Å². The maximum atomic E-state index is 13.6. The maximum absolute atomic E-state index is 13.6. The first-order valence-corrected chi connectivity index (χ1v) is 7.37. The van der Waals surface area contributed by atoms with Gasteiger partial charge in [-0.3, -0.25) is 4.90 Å². The Morgan fingerprint density at radius 2 is 2.24 bits per heavy atom. The number of rotatable bonds is 4. The second-order valence-corrected chi connectivity index (χ2v) is 5.91. The third kappa shape index (κ3) is 3.47. The average molecular weight is 289 g/mol. The normalized spacial score (nSPS) is 19.3. The fourth-order valence-electron chi connectivity index (χ4n) is 2.92. The summed E-state index contributed by atoms with van der Waals surface area (Å²) < 4.78 is 18.7. The Morgan fingerprint density at radius 1 is 1.38 bits per heavy atom. The zero-order valence-electron chi connectivity index (χ0n) is 12.5. The van der Waals surface area contributed by atoms with Gasteiger partial charge in [0.25, 0.3) is 0 Å². The van der Waals surface area contributed by atoms with E-state index in [0.717, 1.165) is 31.5 Å². The highest BCUT2D eigenvalue weighted by atomic mass is 19.1. The van der Waals surface area contributed by atoms with E-state index in [1.54, 1.807) is 13.0 Å². The average Bonchev–Trinajstić information content (AvgIpc) is 3.04. The molecule has 0 aliphatic carbocycles. The van der Waals surface area contributed by atoms with Crippen molar-refractivity contribution in [2.24, 2.45) is 5.92 Å². The summed E-state index contributed by atoms with van der Waals surface area (Å²) in [5.41, 5.74) is 1.79. The van der Waals surface area contributed by atoms with Gasteiger partial charge in [-0.15, -0.1) is 0 Å². The second-order valence-electron chi connectivity index (χ2n) is 5.91. The van der Waals surface area contributed by atoms with Gasteiger partial charge in [0.2, 0.25) is 5.89 Å². The molecule has 112 valence electrons. The Hall–Kier alpha value is -1.75. The number of hydrogen-bond donors (Lipinski definition) is 0. The lowest BCUT2D eigenvalue weighted by Crippen LogP contribution is -2.20. The Balaban J connectivity index is 1.55. The van der Waals surface area contributed by atoms with Crippen molar-refractivity contribution in [2.45, 2.75) is 33.2 Å². The fourth-order valence-corrected chi connectivity index (χ4v) is 2.92. The van der Waals surface area contributed by atoms with E-state index in [0.29, 0.717) is 29.7 Å². The molecule has 0 saturated carbocycles. The summed E-state index contributed by atoms with van der Waals surface area (Å²) in [7, 11) is 0. The number of benzene rings is 1. The van der Waals surface area contributed by atoms with Gasteiger partial charge in [-0.1, -0.05) is 17.3 Å². The molecule has 21 heavy (non-hydrogen) atoms. The number of nitrogens with zero attached hydrogens (tertiary/aromatic N) is 3. The van der Waals surface area contributed by atoms with Gasteiger partial charge >= 0.3 is 0 Å². The molecule has 0 amide bonds. The minimum atomic E-state index is -0.108. The first-order valence-electron chi connectivity index (χ1n) is 7.37. The highest BCUT2D eigenvalue weighted by Crippen LogP contribution is 2.23. The van der Waals surface area contributed by atoms with E-state index in [1.165, 1.54) is 0 Å². The summed E-state index contributed by atoms with van der Waals surface area (Å²) in [6.45, 7) is 6.35. The predicted molar refractivity (Wildman–Crippen MR) is 77.3 cm³/mol. The van der Waals surface area contributed by atoms with Crippen LogP contribution in [0, 0.1) is 25.6 Å². The SMILES string of the molecule is Cc1noc(CN2CCC(Cc3ccc(C)c(F)c3)C2)n1. The summed E-state index contributed by atoms with van der Waals surface area (Å²) in [4.78, 5) is 6.56. The van der Waals surface area contributed by atoms with E-state index in [-0.39, 0.29) is 5.82 Å². The monoisotopic (exact) mass is 289 g/mol. The van der Waals surface area contributed by atoms with Crippen molar-refractivity contribution in [3.63, 3.8) is 0 Å². The Kier molecular flexibility index (Phi) is 4.01. The molecule has 3 rings (SSSR count). The van der Waals surface area contributed by atoms with E-state index in [4.69, 9.17) is 4.52 Å². The molecule has 0 bridgehead atoms. The van der Waals surface area contributed by atoms with Crippen molar-refractivity contribution in [3.8, 4) is 0 Å². The van der Waals surface area contributed by atoms with Crippen LogP contribution in [-0.2, 0) is 13.0 Å². The van der Waals surface area contributed by atoms with E-state index in [9.17, 15) is 4.39 Å². The highest BCUT2D eigenvalue weighted by Gasteiger charge is 2.24. The first kappa shape index (κ1) is 14.2. The molecule has 1 saturated heterocycles. The van der Waals surface area contributed by atoms with Gasteiger partial charge in [-0.05, 0) is 56.3 Å². The van der Waals surface area contributed by atoms with Gasteiger partial charge in [0.1, 0.15) is 5.82 Å². The van der Waals surface area contributed by atoms with Crippen molar-refractivity contribution < 1.29 is 8.91 Å². The predicted octanol–water partition coefficient (Wildman–Crippen LogP) is 2.89. The van der Waals surface area contributed by atoms with Crippen LogP contribution in [0.15, 0.2) is 22.7 Å². The summed E-state index contributed by atoms with van der Waals surface area (Å²) in [5, 5.41) is 3.81. The number of aromatic nitrogens is 2. The van der Waals surface area contributed by atoms with Crippen LogP contribution in [0.4, 0.5) is 4.39 Å². The van der Waals surface area contributed by atoms with Crippen LogP contribution in [0.3, 0.4) is 0 Å². The molecular formula is C16H20FN3O. The van der Waals surface area contributed by atoms with E-state index < -0.39 is 0 Å². The molecule has 2 heterocycles. The lowest BCUT2D eigenvalue weighted by Gasteiger charge is -2.13. The molecule has 0 radical (unpaired) electrons. The maximum Gasteiger partial charge on any atom is 0.240 e. The van der Waals surface area contributed by atoms with E-state index >= 15 is 0 Å². The van der Waals surface area contributed by atoms with Gasteiger partial charge in [0.15, 0.2) is 5.82 Å². The van der Waals surface area contributed by atoms with Gasteiger partial charge in [-0.25, -0.2) is 4.39 Å². The molecule has 0 N–H and O–H groups in total. The second kappa shape index (κ2) is 5.93. The van der Waals surface area contributed by atoms with Crippen LogP contribution in [-0.4, -0.2) is 28.1 Å². The number of aryl methyl sites for hydroxylation is 2. The van der Waals surface area contributed by atoms with Gasteiger partial charge in [0, 0.05) is 6.54 Å². The smallest absolute Gasteiger partial charge is 0.240 e. The standard InChI is InChI=1S/C16H20FN3O/c1-11-3-4-13(8-15(11)17)7-14-5-6-20(9-14)10-16-18-12(2)19-21-16/h3-4,8,14H,5-7,9-10H2,1-2H3. The minimum Gasteiger partial charge on any atom is -0.338 e. The molecule has 0 spiro atoms. The number of hydrogen-bond acceptors (Lipinski definition) is 4. The number of halogens is 1. The van der Waals surface area contributed by atoms with Crippen LogP contribution < -0.4 is 0 Å². The molecule has 1 aromatic carbocycles. The van der Waals surface area contributed by atoms with E-state index in [2.05, 4.69) is 15.0 Å². The van der Waals surface area contributed by atoms with Gasteiger partial charge < -0.3 is 4.52 Å². The molecule has 1 atom stereocenters. The van der Waals surface area contributed by atoms with Crippen LogP contribution in [0.25, 0.3) is 0 Å².